The maximum Gasteiger partial charge on any atom is 0.232 e. The van der Waals surface area contributed by atoms with E-state index in [4.69, 9.17) is 0 Å². The average molecular weight is 375 g/mol. The molecule has 2 aromatic carbocycles. The molecule has 0 spiro atoms. The van der Waals surface area contributed by atoms with Gasteiger partial charge in [-0.15, -0.1) is 0 Å². The van der Waals surface area contributed by atoms with E-state index in [1.807, 2.05) is 58.0 Å². The van der Waals surface area contributed by atoms with Crippen molar-refractivity contribution in [3.63, 3.8) is 0 Å². The molecule has 26 heavy (non-hydrogen) atoms. The summed E-state index contributed by atoms with van der Waals surface area (Å²) in [5.74, 6) is -0.213. The fourth-order valence-electron chi connectivity index (χ4n) is 2.92. The molecular weight excluding hydrogens is 348 g/mol. The maximum atomic E-state index is 12.3. The number of aryl methyl sites for hydroxylation is 4. The highest BCUT2D eigenvalue weighted by molar-refractivity contribution is 7.92. The van der Waals surface area contributed by atoms with Crippen LogP contribution >= 0.6 is 0 Å². The van der Waals surface area contributed by atoms with E-state index in [1.165, 1.54) is 4.31 Å². The van der Waals surface area contributed by atoms with E-state index in [-0.39, 0.29) is 18.9 Å². The van der Waals surface area contributed by atoms with E-state index in [0.29, 0.717) is 5.69 Å². The zero-order valence-electron chi connectivity index (χ0n) is 16.0. The number of benzene rings is 2. The molecule has 0 saturated heterocycles. The van der Waals surface area contributed by atoms with Crippen molar-refractivity contribution >= 4 is 27.3 Å². The van der Waals surface area contributed by atoms with Crippen LogP contribution in [0.25, 0.3) is 0 Å². The van der Waals surface area contributed by atoms with Crippen molar-refractivity contribution in [2.45, 2.75) is 34.1 Å². The highest BCUT2D eigenvalue weighted by Crippen LogP contribution is 2.24. The van der Waals surface area contributed by atoms with Crippen molar-refractivity contribution < 1.29 is 13.2 Å². The Balaban J connectivity index is 2.13. The first-order valence-corrected chi connectivity index (χ1v) is 10.3. The van der Waals surface area contributed by atoms with E-state index in [1.54, 1.807) is 6.07 Å². The molecule has 0 fully saturated rings. The normalized spacial score (nSPS) is 11.3. The first-order chi connectivity index (χ1) is 12.1. The van der Waals surface area contributed by atoms with Gasteiger partial charge in [0.2, 0.25) is 15.9 Å². The highest BCUT2D eigenvalue weighted by atomic mass is 32.2. The molecule has 2 rings (SSSR count). The van der Waals surface area contributed by atoms with Crippen LogP contribution in [0.5, 0.6) is 0 Å². The fraction of sp³-hybridized carbons (Fsp3) is 0.350. The summed E-state index contributed by atoms with van der Waals surface area (Å²) < 4.78 is 25.7. The van der Waals surface area contributed by atoms with Gasteiger partial charge < -0.3 is 5.32 Å². The number of carbonyl (C=O) groups is 1. The van der Waals surface area contributed by atoms with Crippen LogP contribution in [0.1, 0.15) is 28.7 Å². The van der Waals surface area contributed by atoms with Gasteiger partial charge in [0.1, 0.15) is 0 Å². The largest absolute Gasteiger partial charge is 0.326 e. The second-order valence-electron chi connectivity index (χ2n) is 6.74. The molecule has 5 nitrogen and oxygen atoms in total. The SMILES string of the molecule is Cc1ccc(NC(=O)CCN(c2ccc(C)cc2C)S(C)(=O)=O)c(C)c1. The van der Waals surface area contributed by atoms with Gasteiger partial charge in [-0.1, -0.05) is 35.4 Å². The lowest BCUT2D eigenvalue weighted by Crippen LogP contribution is -2.33. The fourth-order valence-corrected chi connectivity index (χ4v) is 3.90. The lowest BCUT2D eigenvalue weighted by Gasteiger charge is -2.24. The molecule has 1 N–H and O–H groups in total. The molecule has 0 heterocycles. The van der Waals surface area contributed by atoms with Crippen LogP contribution in [0.2, 0.25) is 0 Å². The maximum absolute atomic E-state index is 12.3. The van der Waals surface area contributed by atoms with Crippen LogP contribution in [-0.2, 0) is 14.8 Å². The van der Waals surface area contributed by atoms with Gasteiger partial charge in [0.05, 0.1) is 11.9 Å². The van der Waals surface area contributed by atoms with Crippen LogP contribution in [0.15, 0.2) is 36.4 Å². The topological polar surface area (TPSA) is 66.5 Å². The highest BCUT2D eigenvalue weighted by Gasteiger charge is 2.20. The molecule has 0 aliphatic heterocycles. The summed E-state index contributed by atoms with van der Waals surface area (Å²) in [5.41, 5.74) is 5.39. The number of hydrogen-bond acceptors (Lipinski definition) is 3. The Morgan fingerprint density at radius 3 is 2.08 bits per heavy atom. The van der Waals surface area contributed by atoms with Crippen LogP contribution < -0.4 is 9.62 Å². The zero-order valence-corrected chi connectivity index (χ0v) is 16.8. The van der Waals surface area contributed by atoms with Crippen molar-refractivity contribution in [3.8, 4) is 0 Å². The van der Waals surface area contributed by atoms with Crippen molar-refractivity contribution in [3.05, 3.63) is 58.7 Å². The standard InChI is InChI=1S/C20H26N2O3S/c1-14-6-8-18(16(3)12-14)21-20(23)10-11-22(26(5,24)25)19-9-7-15(2)13-17(19)4/h6-9,12-13H,10-11H2,1-5H3,(H,21,23). The summed E-state index contributed by atoms with van der Waals surface area (Å²) in [6.45, 7) is 7.85. The van der Waals surface area contributed by atoms with Gasteiger partial charge in [-0.05, 0) is 51.0 Å². The Hall–Kier alpha value is -2.34. The third-order valence-corrected chi connectivity index (χ3v) is 5.40. The molecule has 0 bridgehead atoms. The molecular formula is C20H26N2O3S. The van der Waals surface area contributed by atoms with E-state index in [2.05, 4.69) is 5.32 Å². The molecule has 6 heteroatoms. The summed E-state index contributed by atoms with van der Waals surface area (Å²) in [6, 6.07) is 11.4. The monoisotopic (exact) mass is 374 g/mol. The Kier molecular flexibility index (Phi) is 6.08. The lowest BCUT2D eigenvalue weighted by atomic mass is 10.1. The minimum atomic E-state index is -3.48. The molecule has 0 atom stereocenters. The van der Waals surface area contributed by atoms with Gasteiger partial charge in [-0.3, -0.25) is 9.10 Å². The summed E-state index contributed by atoms with van der Waals surface area (Å²) in [5, 5.41) is 2.86. The molecule has 0 unspecified atom stereocenters. The number of hydrogen-bond donors (Lipinski definition) is 1. The Bertz CT molecular complexity index is 921. The minimum Gasteiger partial charge on any atom is -0.326 e. The number of amides is 1. The third kappa shape index (κ3) is 5.08. The molecule has 0 aliphatic rings. The molecule has 1 amide bonds. The number of sulfonamides is 1. The molecule has 0 aliphatic carbocycles. The van der Waals surface area contributed by atoms with Gasteiger partial charge >= 0.3 is 0 Å². The lowest BCUT2D eigenvalue weighted by molar-refractivity contribution is -0.116. The summed E-state index contributed by atoms with van der Waals surface area (Å²) in [6.07, 6.45) is 1.24. The van der Waals surface area contributed by atoms with E-state index >= 15 is 0 Å². The zero-order chi connectivity index (χ0) is 19.5. The molecule has 0 saturated carbocycles. The Morgan fingerprint density at radius 2 is 1.54 bits per heavy atom. The van der Waals surface area contributed by atoms with E-state index in [9.17, 15) is 13.2 Å². The molecule has 0 radical (unpaired) electrons. The first kappa shape index (κ1) is 20.0. The molecule has 2 aromatic rings. The van der Waals surface area contributed by atoms with Crippen LogP contribution in [0.4, 0.5) is 11.4 Å². The van der Waals surface area contributed by atoms with Crippen molar-refractivity contribution in [2.24, 2.45) is 0 Å². The number of carbonyl (C=O) groups excluding carboxylic acids is 1. The summed E-state index contributed by atoms with van der Waals surface area (Å²) in [4.78, 5) is 12.3. The number of rotatable bonds is 6. The molecule has 0 aromatic heterocycles. The first-order valence-electron chi connectivity index (χ1n) is 8.50. The predicted molar refractivity (Wildman–Crippen MR) is 107 cm³/mol. The third-order valence-electron chi connectivity index (χ3n) is 4.22. The van der Waals surface area contributed by atoms with E-state index in [0.717, 1.165) is 34.2 Å². The van der Waals surface area contributed by atoms with Gasteiger partial charge in [0.15, 0.2) is 0 Å². The van der Waals surface area contributed by atoms with Crippen molar-refractivity contribution in [2.75, 3.05) is 22.4 Å². The quantitative estimate of drug-likeness (QED) is 0.838. The van der Waals surface area contributed by atoms with Crippen LogP contribution in [-0.4, -0.2) is 27.1 Å². The Morgan fingerprint density at radius 1 is 0.962 bits per heavy atom. The summed E-state index contributed by atoms with van der Waals surface area (Å²) >= 11 is 0. The van der Waals surface area contributed by atoms with Crippen LogP contribution in [0, 0.1) is 27.7 Å². The second-order valence-corrected chi connectivity index (χ2v) is 8.65. The summed E-state index contributed by atoms with van der Waals surface area (Å²) in [7, 11) is -3.48. The van der Waals surface area contributed by atoms with E-state index < -0.39 is 10.0 Å². The van der Waals surface area contributed by atoms with Gasteiger partial charge in [-0.25, -0.2) is 8.42 Å². The predicted octanol–water partition coefficient (Wildman–Crippen LogP) is 3.72. The van der Waals surface area contributed by atoms with Crippen molar-refractivity contribution in [1.29, 1.82) is 0 Å². The molecule has 140 valence electrons. The van der Waals surface area contributed by atoms with Gasteiger partial charge in [-0.2, -0.15) is 0 Å². The van der Waals surface area contributed by atoms with Gasteiger partial charge in [0, 0.05) is 18.7 Å². The van der Waals surface area contributed by atoms with Crippen molar-refractivity contribution in [1.82, 2.24) is 0 Å². The average Bonchev–Trinajstić information content (AvgIpc) is 2.51. The minimum absolute atomic E-state index is 0.0771. The van der Waals surface area contributed by atoms with Gasteiger partial charge in [0.25, 0.3) is 0 Å². The smallest absolute Gasteiger partial charge is 0.232 e. The van der Waals surface area contributed by atoms with Crippen LogP contribution in [0.3, 0.4) is 0 Å². The number of nitrogens with zero attached hydrogens (tertiary/aromatic N) is 1. The Labute approximate surface area is 156 Å². The second kappa shape index (κ2) is 7.91. The number of nitrogens with one attached hydrogen (secondary N) is 1. The number of anilines is 2.